The molecule has 0 radical (unpaired) electrons. The van der Waals surface area contributed by atoms with Crippen LogP contribution in [0.4, 0.5) is 0 Å². The summed E-state index contributed by atoms with van der Waals surface area (Å²) in [5.74, 6) is 1.06. The molecule has 3 rings (SSSR count). The van der Waals surface area contributed by atoms with Crippen molar-refractivity contribution >= 4 is 15.9 Å². The molecule has 1 heterocycles. The van der Waals surface area contributed by atoms with Crippen LogP contribution in [0.15, 0.2) is 46.9 Å². The predicted octanol–water partition coefficient (Wildman–Crippen LogP) is 3.68. The van der Waals surface area contributed by atoms with Crippen LogP contribution in [0.3, 0.4) is 0 Å². The Hall–Kier alpha value is -1.52. The lowest BCUT2D eigenvalue weighted by Crippen LogP contribution is -2.24. The molecule has 0 amide bonds. The van der Waals surface area contributed by atoms with Gasteiger partial charge in [-0.1, -0.05) is 28.1 Å². The molecule has 0 saturated heterocycles. The van der Waals surface area contributed by atoms with Gasteiger partial charge in [0, 0.05) is 22.5 Å². The fourth-order valence-corrected chi connectivity index (χ4v) is 2.78. The molecule has 3 nitrogen and oxygen atoms in total. The van der Waals surface area contributed by atoms with E-state index in [-0.39, 0.29) is 17.9 Å². The molecule has 0 bridgehead atoms. The first-order valence-electron chi connectivity index (χ1n) is 6.14. The largest absolute Gasteiger partial charge is 0.508 e. The summed E-state index contributed by atoms with van der Waals surface area (Å²) in [6.07, 6.45) is 0.586. The Balaban J connectivity index is 1.95. The molecule has 1 aliphatic heterocycles. The van der Waals surface area contributed by atoms with Crippen LogP contribution < -0.4 is 10.5 Å². The molecule has 0 saturated carbocycles. The van der Waals surface area contributed by atoms with Crippen LogP contribution in [0.5, 0.6) is 11.5 Å². The lowest BCUT2D eigenvalue weighted by molar-refractivity contribution is 0.161. The molecule has 0 fully saturated rings. The monoisotopic (exact) mass is 319 g/mol. The summed E-state index contributed by atoms with van der Waals surface area (Å²) in [7, 11) is 0. The Labute approximate surface area is 120 Å². The van der Waals surface area contributed by atoms with E-state index in [1.807, 2.05) is 30.3 Å². The summed E-state index contributed by atoms with van der Waals surface area (Å²) in [5.41, 5.74) is 8.19. The Morgan fingerprint density at radius 3 is 2.84 bits per heavy atom. The smallest absolute Gasteiger partial charge is 0.126 e. The number of fused-ring (bicyclic) bond motifs is 1. The number of hydrogen-bond acceptors (Lipinski definition) is 3. The van der Waals surface area contributed by atoms with Crippen LogP contribution in [-0.2, 0) is 0 Å². The predicted molar refractivity (Wildman–Crippen MR) is 77.2 cm³/mol. The Morgan fingerprint density at radius 2 is 2.05 bits per heavy atom. The Bertz CT molecular complexity index is 615. The topological polar surface area (TPSA) is 55.5 Å². The van der Waals surface area contributed by atoms with Gasteiger partial charge in [-0.25, -0.2) is 0 Å². The van der Waals surface area contributed by atoms with Crippen molar-refractivity contribution < 1.29 is 9.84 Å². The summed E-state index contributed by atoms with van der Waals surface area (Å²) < 4.78 is 6.99. The van der Waals surface area contributed by atoms with Gasteiger partial charge in [-0.05, 0) is 35.9 Å². The first kappa shape index (κ1) is 12.5. The number of phenols is 1. The number of aromatic hydroxyl groups is 1. The van der Waals surface area contributed by atoms with Gasteiger partial charge in [0.1, 0.15) is 17.6 Å². The minimum Gasteiger partial charge on any atom is -0.508 e. The van der Waals surface area contributed by atoms with Gasteiger partial charge in [-0.2, -0.15) is 0 Å². The normalized spacial score (nSPS) is 21.6. The number of halogens is 1. The summed E-state index contributed by atoms with van der Waals surface area (Å²) in [6.45, 7) is 0. The van der Waals surface area contributed by atoms with Gasteiger partial charge < -0.3 is 15.6 Å². The van der Waals surface area contributed by atoms with E-state index in [1.54, 1.807) is 12.1 Å². The van der Waals surface area contributed by atoms with E-state index in [2.05, 4.69) is 15.9 Å². The highest BCUT2D eigenvalue weighted by Gasteiger charge is 2.27. The highest BCUT2D eigenvalue weighted by molar-refractivity contribution is 9.10. The average molecular weight is 320 g/mol. The average Bonchev–Trinajstić information content (AvgIpc) is 2.39. The third-order valence-corrected chi connectivity index (χ3v) is 3.84. The highest BCUT2D eigenvalue weighted by Crippen LogP contribution is 2.41. The number of rotatable bonds is 1. The van der Waals surface area contributed by atoms with E-state index in [0.717, 1.165) is 21.3 Å². The molecule has 98 valence electrons. The third-order valence-electron chi connectivity index (χ3n) is 3.35. The minimum atomic E-state index is -0.115. The van der Waals surface area contributed by atoms with Crippen LogP contribution in [0.2, 0.25) is 0 Å². The Kier molecular flexibility index (Phi) is 3.21. The summed E-state index contributed by atoms with van der Waals surface area (Å²) in [6, 6.07) is 12.9. The van der Waals surface area contributed by atoms with E-state index < -0.39 is 0 Å². The van der Waals surface area contributed by atoms with Crippen molar-refractivity contribution in [2.45, 2.75) is 18.6 Å². The number of phenolic OH excluding ortho intramolecular Hbond substituents is 1. The standard InChI is InChI=1S/C15H14BrNO2/c16-10-4-5-14-12(7-10)13(17)8-15(19-14)9-2-1-3-11(18)6-9/h1-7,13,15,18H,8,17H2/t13-,15?/m1/s1. The maximum absolute atomic E-state index is 9.55. The SMILES string of the molecule is N[C@@H]1CC(c2cccc(O)c2)Oc2ccc(Br)cc21. The Morgan fingerprint density at radius 1 is 1.21 bits per heavy atom. The maximum Gasteiger partial charge on any atom is 0.126 e. The summed E-state index contributed by atoms with van der Waals surface area (Å²) in [5, 5.41) is 9.55. The van der Waals surface area contributed by atoms with E-state index in [4.69, 9.17) is 10.5 Å². The summed E-state index contributed by atoms with van der Waals surface area (Å²) >= 11 is 3.44. The molecule has 0 aliphatic carbocycles. The van der Waals surface area contributed by atoms with Gasteiger partial charge >= 0.3 is 0 Å². The van der Waals surface area contributed by atoms with Crippen molar-refractivity contribution in [3.05, 3.63) is 58.1 Å². The second-order valence-electron chi connectivity index (χ2n) is 4.73. The van der Waals surface area contributed by atoms with E-state index in [1.165, 1.54) is 0 Å². The molecule has 2 atom stereocenters. The lowest BCUT2D eigenvalue weighted by Gasteiger charge is -2.30. The summed E-state index contributed by atoms with van der Waals surface area (Å²) in [4.78, 5) is 0. The van der Waals surface area contributed by atoms with Crippen molar-refractivity contribution in [3.8, 4) is 11.5 Å². The van der Waals surface area contributed by atoms with E-state index in [9.17, 15) is 5.11 Å². The van der Waals surface area contributed by atoms with Gasteiger partial charge in [0.15, 0.2) is 0 Å². The highest BCUT2D eigenvalue weighted by atomic mass is 79.9. The molecule has 4 heteroatoms. The first-order valence-corrected chi connectivity index (χ1v) is 6.93. The number of hydrogen-bond donors (Lipinski definition) is 2. The zero-order valence-corrected chi connectivity index (χ0v) is 11.8. The minimum absolute atomic E-state index is 0.0615. The molecule has 3 N–H and O–H groups in total. The number of ether oxygens (including phenoxy) is 1. The molecular weight excluding hydrogens is 306 g/mol. The van der Waals surface area contributed by atoms with Crippen LogP contribution in [0.25, 0.3) is 0 Å². The van der Waals surface area contributed by atoms with E-state index >= 15 is 0 Å². The quantitative estimate of drug-likeness (QED) is 0.843. The lowest BCUT2D eigenvalue weighted by atomic mass is 9.93. The van der Waals surface area contributed by atoms with Gasteiger partial charge in [-0.15, -0.1) is 0 Å². The van der Waals surface area contributed by atoms with Crippen molar-refractivity contribution in [1.29, 1.82) is 0 Å². The molecule has 2 aromatic rings. The van der Waals surface area contributed by atoms with Crippen molar-refractivity contribution in [3.63, 3.8) is 0 Å². The second kappa shape index (κ2) is 4.87. The number of nitrogens with two attached hydrogens (primary N) is 1. The van der Waals surface area contributed by atoms with Gasteiger partial charge in [-0.3, -0.25) is 0 Å². The van der Waals surface area contributed by atoms with Crippen LogP contribution >= 0.6 is 15.9 Å². The van der Waals surface area contributed by atoms with E-state index in [0.29, 0.717) is 6.42 Å². The fourth-order valence-electron chi connectivity index (χ4n) is 2.40. The molecule has 1 unspecified atom stereocenters. The van der Waals surface area contributed by atoms with Crippen molar-refractivity contribution in [1.82, 2.24) is 0 Å². The van der Waals surface area contributed by atoms with Crippen LogP contribution in [0, 0.1) is 0 Å². The first-order chi connectivity index (χ1) is 9.13. The molecule has 19 heavy (non-hydrogen) atoms. The maximum atomic E-state index is 9.55. The second-order valence-corrected chi connectivity index (χ2v) is 5.64. The van der Waals surface area contributed by atoms with Gasteiger partial charge in [0.05, 0.1) is 0 Å². The number of benzene rings is 2. The molecule has 2 aromatic carbocycles. The molecule has 1 aliphatic rings. The van der Waals surface area contributed by atoms with Crippen LogP contribution in [0.1, 0.15) is 29.7 Å². The fraction of sp³-hybridized carbons (Fsp3) is 0.200. The third kappa shape index (κ3) is 2.46. The zero-order chi connectivity index (χ0) is 13.4. The molecule has 0 aromatic heterocycles. The van der Waals surface area contributed by atoms with Crippen molar-refractivity contribution in [2.75, 3.05) is 0 Å². The van der Waals surface area contributed by atoms with Crippen LogP contribution in [-0.4, -0.2) is 5.11 Å². The molecule has 0 spiro atoms. The van der Waals surface area contributed by atoms with Gasteiger partial charge in [0.2, 0.25) is 0 Å². The molecular formula is C15H14BrNO2. The zero-order valence-electron chi connectivity index (χ0n) is 10.2. The van der Waals surface area contributed by atoms with Gasteiger partial charge in [0.25, 0.3) is 0 Å². The van der Waals surface area contributed by atoms with Crippen molar-refractivity contribution in [2.24, 2.45) is 5.73 Å².